The molecule has 2 N–H and O–H groups in total. The van der Waals surface area contributed by atoms with E-state index in [9.17, 15) is 0 Å². The molecule has 1 saturated carbocycles. The van der Waals surface area contributed by atoms with E-state index in [-0.39, 0.29) is 0 Å². The number of nitrogens with one attached hydrogen (secondary N) is 2. The zero-order valence-corrected chi connectivity index (χ0v) is 12.6. The zero-order valence-electron chi connectivity index (χ0n) is 12.6. The molecule has 0 amide bonds. The summed E-state index contributed by atoms with van der Waals surface area (Å²) in [5, 5.41) is 6.46. The van der Waals surface area contributed by atoms with Gasteiger partial charge in [-0.2, -0.15) is 15.0 Å². The van der Waals surface area contributed by atoms with Gasteiger partial charge in [-0.25, -0.2) is 0 Å². The molecule has 0 radical (unpaired) electrons. The maximum atomic E-state index is 4.60. The molecule has 1 unspecified atom stereocenters. The van der Waals surface area contributed by atoms with Crippen LogP contribution in [0.1, 0.15) is 39.5 Å². The highest BCUT2D eigenvalue weighted by Gasteiger charge is 2.46. The van der Waals surface area contributed by atoms with Crippen LogP contribution in [0.2, 0.25) is 0 Å². The largest absolute Gasteiger partial charge is 0.357 e. The van der Waals surface area contributed by atoms with Crippen molar-refractivity contribution in [3.05, 3.63) is 0 Å². The SMILES string of the molecule is CNc1nc(NC2CC2(C)C)nc(N2CCCCC2)n1. The summed E-state index contributed by atoms with van der Waals surface area (Å²) in [7, 11) is 1.85. The standard InChI is InChI=1S/C14H24N6/c1-14(2)9-10(14)16-12-17-11(15-3)18-13(19-12)20-7-5-4-6-8-20/h10H,4-9H2,1-3H3,(H2,15,16,17,18,19). The van der Waals surface area contributed by atoms with Gasteiger partial charge in [0.05, 0.1) is 0 Å². The van der Waals surface area contributed by atoms with E-state index in [1.54, 1.807) is 0 Å². The van der Waals surface area contributed by atoms with E-state index < -0.39 is 0 Å². The van der Waals surface area contributed by atoms with Crippen LogP contribution in [-0.2, 0) is 0 Å². The molecule has 1 aromatic rings. The van der Waals surface area contributed by atoms with Crippen molar-refractivity contribution < 1.29 is 0 Å². The number of piperidine rings is 1. The average Bonchev–Trinajstić information content (AvgIpc) is 3.06. The van der Waals surface area contributed by atoms with Crippen molar-refractivity contribution in [2.75, 3.05) is 35.7 Å². The third kappa shape index (κ3) is 2.78. The van der Waals surface area contributed by atoms with E-state index in [2.05, 4.69) is 44.3 Å². The Kier molecular flexibility index (Phi) is 3.40. The minimum Gasteiger partial charge on any atom is -0.357 e. The van der Waals surface area contributed by atoms with Crippen LogP contribution >= 0.6 is 0 Å². The van der Waals surface area contributed by atoms with E-state index >= 15 is 0 Å². The van der Waals surface area contributed by atoms with Gasteiger partial charge in [0.1, 0.15) is 0 Å². The van der Waals surface area contributed by atoms with Crippen LogP contribution in [0.25, 0.3) is 0 Å². The van der Waals surface area contributed by atoms with Crippen LogP contribution in [0.4, 0.5) is 17.8 Å². The van der Waals surface area contributed by atoms with Gasteiger partial charge < -0.3 is 15.5 Å². The maximum absolute atomic E-state index is 4.60. The second kappa shape index (κ2) is 5.07. The van der Waals surface area contributed by atoms with Crippen molar-refractivity contribution in [1.29, 1.82) is 0 Å². The molecule has 1 aromatic heterocycles. The first-order valence-electron chi connectivity index (χ1n) is 7.54. The first-order valence-corrected chi connectivity index (χ1v) is 7.54. The molecule has 1 aliphatic carbocycles. The molecule has 2 heterocycles. The molecule has 2 fully saturated rings. The Hall–Kier alpha value is -1.59. The molecule has 6 nitrogen and oxygen atoms in total. The molecule has 110 valence electrons. The summed E-state index contributed by atoms with van der Waals surface area (Å²) >= 11 is 0. The fraction of sp³-hybridized carbons (Fsp3) is 0.786. The lowest BCUT2D eigenvalue weighted by atomic mass is 10.1. The molecule has 1 saturated heterocycles. The normalized spacial score (nSPS) is 24.4. The molecule has 2 aliphatic rings. The van der Waals surface area contributed by atoms with Crippen LogP contribution < -0.4 is 15.5 Å². The van der Waals surface area contributed by atoms with E-state index in [1.807, 2.05) is 7.05 Å². The Morgan fingerprint density at radius 3 is 2.30 bits per heavy atom. The summed E-state index contributed by atoms with van der Waals surface area (Å²) in [5.41, 5.74) is 0.359. The van der Waals surface area contributed by atoms with Gasteiger partial charge in [0.25, 0.3) is 0 Å². The number of nitrogens with zero attached hydrogens (tertiary/aromatic N) is 4. The van der Waals surface area contributed by atoms with Gasteiger partial charge in [-0.3, -0.25) is 0 Å². The van der Waals surface area contributed by atoms with E-state index in [1.165, 1.54) is 25.7 Å². The Morgan fingerprint density at radius 2 is 1.70 bits per heavy atom. The third-order valence-electron chi connectivity index (χ3n) is 4.30. The first kappa shape index (κ1) is 13.4. The number of hydrogen-bond donors (Lipinski definition) is 2. The van der Waals surface area contributed by atoms with Crippen molar-refractivity contribution in [1.82, 2.24) is 15.0 Å². The van der Waals surface area contributed by atoms with E-state index in [0.29, 0.717) is 23.4 Å². The predicted octanol–water partition coefficient (Wildman–Crippen LogP) is 2.11. The molecule has 3 rings (SSSR count). The third-order valence-corrected chi connectivity index (χ3v) is 4.30. The summed E-state index contributed by atoms with van der Waals surface area (Å²) in [4.78, 5) is 15.8. The van der Waals surface area contributed by atoms with Gasteiger partial charge >= 0.3 is 0 Å². The fourth-order valence-electron chi connectivity index (χ4n) is 2.65. The average molecular weight is 276 g/mol. The fourth-order valence-corrected chi connectivity index (χ4v) is 2.65. The van der Waals surface area contributed by atoms with Gasteiger partial charge in [-0.1, -0.05) is 13.8 Å². The van der Waals surface area contributed by atoms with Crippen LogP contribution in [0.15, 0.2) is 0 Å². The van der Waals surface area contributed by atoms with Gasteiger partial charge in [0.15, 0.2) is 0 Å². The molecule has 1 aliphatic heterocycles. The summed E-state index contributed by atoms with van der Waals surface area (Å²) < 4.78 is 0. The van der Waals surface area contributed by atoms with E-state index in [4.69, 9.17) is 0 Å². The molecule has 0 aromatic carbocycles. The highest BCUT2D eigenvalue weighted by atomic mass is 15.3. The monoisotopic (exact) mass is 276 g/mol. The molecular formula is C14H24N6. The van der Waals surface area contributed by atoms with Gasteiger partial charge in [-0.15, -0.1) is 0 Å². The second-order valence-electron chi connectivity index (χ2n) is 6.47. The summed E-state index contributed by atoms with van der Waals surface area (Å²) in [6.07, 6.45) is 4.92. The number of rotatable bonds is 4. The Labute approximate surface area is 120 Å². The highest BCUT2D eigenvalue weighted by Crippen LogP contribution is 2.46. The van der Waals surface area contributed by atoms with Gasteiger partial charge in [-0.05, 0) is 31.1 Å². The van der Waals surface area contributed by atoms with Crippen LogP contribution in [0, 0.1) is 5.41 Å². The Balaban J connectivity index is 1.79. The Morgan fingerprint density at radius 1 is 1.05 bits per heavy atom. The quantitative estimate of drug-likeness (QED) is 0.878. The lowest BCUT2D eigenvalue weighted by molar-refractivity contribution is 0.567. The van der Waals surface area contributed by atoms with Crippen LogP contribution in [0.5, 0.6) is 0 Å². The van der Waals surface area contributed by atoms with Crippen molar-refractivity contribution in [2.45, 2.75) is 45.6 Å². The lowest BCUT2D eigenvalue weighted by Gasteiger charge is -2.27. The number of anilines is 3. The smallest absolute Gasteiger partial charge is 0.231 e. The first-order chi connectivity index (χ1) is 9.58. The molecule has 20 heavy (non-hydrogen) atoms. The molecule has 1 atom stereocenters. The summed E-state index contributed by atoms with van der Waals surface area (Å²) in [5.74, 6) is 2.13. The van der Waals surface area contributed by atoms with Crippen LogP contribution in [0.3, 0.4) is 0 Å². The maximum Gasteiger partial charge on any atom is 0.231 e. The highest BCUT2D eigenvalue weighted by molar-refractivity contribution is 5.45. The van der Waals surface area contributed by atoms with Crippen molar-refractivity contribution in [2.24, 2.45) is 5.41 Å². The minimum absolute atomic E-state index is 0.359. The topological polar surface area (TPSA) is 66.0 Å². The van der Waals surface area contributed by atoms with Crippen molar-refractivity contribution in [3.8, 4) is 0 Å². The molecular weight excluding hydrogens is 252 g/mol. The Bertz CT molecular complexity index is 481. The lowest BCUT2D eigenvalue weighted by Crippen LogP contribution is -2.31. The molecule has 6 heteroatoms. The molecule has 0 spiro atoms. The van der Waals surface area contributed by atoms with E-state index in [0.717, 1.165) is 19.0 Å². The number of hydrogen-bond acceptors (Lipinski definition) is 6. The predicted molar refractivity (Wildman–Crippen MR) is 81.2 cm³/mol. The van der Waals surface area contributed by atoms with Crippen LogP contribution in [-0.4, -0.2) is 41.1 Å². The zero-order chi connectivity index (χ0) is 14.2. The summed E-state index contributed by atoms with van der Waals surface area (Å²) in [6.45, 7) is 6.61. The van der Waals surface area contributed by atoms with Crippen molar-refractivity contribution in [3.63, 3.8) is 0 Å². The summed E-state index contributed by atoms with van der Waals surface area (Å²) in [6, 6.07) is 0.476. The molecule has 0 bridgehead atoms. The van der Waals surface area contributed by atoms with Crippen molar-refractivity contribution >= 4 is 17.8 Å². The van der Waals surface area contributed by atoms with Gasteiger partial charge in [0.2, 0.25) is 17.8 Å². The minimum atomic E-state index is 0.359. The number of aromatic nitrogens is 3. The van der Waals surface area contributed by atoms with Gasteiger partial charge in [0, 0.05) is 26.2 Å². The second-order valence-corrected chi connectivity index (χ2v) is 6.47.